The lowest BCUT2D eigenvalue weighted by atomic mass is 9.90. The first-order valence-corrected chi connectivity index (χ1v) is 10.8. The number of aromatic nitrogens is 1. The highest BCUT2D eigenvalue weighted by Gasteiger charge is 2.24. The second-order valence-electron chi connectivity index (χ2n) is 8.00. The van der Waals surface area contributed by atoms with Crippen molar-refractivity contribution in [2.45, 2.75) is 38.7 Å². The normalized spacial score (nSPS) is 19.8. The minimum Gasteiger partial charge on any atom is -0.490 e. The van der Waals surface area contributed by atoms with Crippen molar-refractivity contribution >= 4 is 22.7 Å². The number of amides is 1. The quantitative estimate of drug-likeness (QED) is 0.666. The van der Waals surface area contributed by atoms with Crippen molar-refractivity contribution < 1.29 is 18.7 Å². The number of nitrogens with one attached hydrogen (secondary N) is 1. The number of nitrogens with zero attached hydrogens (tertiary/aromatic N) is 2. The molecule has 1 atom stereocenters. The molecule has 1 saturated heterocycles. The third-order valence-electron chi connectivity index (χ3n) is 5.87. The van der Waals surface area contributed by atoms with E-state index in [1.807, 2.05) is 42.5 Å². The molecular formula is C24H25N3O4. The Morgan fingerprint density at radius 3 is 2.65 bits per heavy atom. The van der Waals surface area contributed by atoms with Crippen LogP contribution >= 0.6 is 0 Å². The molecule has 2 aliphatic heterocycles. The molecule has 1 fully saturated rings. The summed E-state index contributed by atoms with van der Waals surface area (Å²) in [5.74, 6) is 1.48. The second-order valence-corrected chi connectivity index (χ2v) is 8.00. The Labute approximate surface area is 180 Å². The van der Waals surface area contributed by atoms with E-state index in [1.165, 1.54) is 0 Å². The highest BCUT2D eigenvalue weighted by molar-refractivity contribution is 6.07. The second kappa shape index (κ2) is 8.51. The maximum absolute atomic E-state index is 11.7. The Kier molecular flexibility index (Phi) is 5.42. The number of oxazole rings is 1. The van der Waals surface area contributed by atoms with E-state index < -0.39 is 0 Å². The molecular weight excluding hydrogens is 394 g/mol. The highest BCUT2D eigenvalue weighted by Crippen LogP contribution is 2.29. The van der Waals surface area contributed by atoms with Gasteiger partial charge in [0.25, 0.3) is 0 Å². The number of hydrogen-bond acceptors (Lipinski definition) is 6. The number of carbonyl (C=O) groups is 1. The first-order chi connectivity index (χ1) is 15.2. The lowest BCUT2D eigenvalue weighted by Crippen LogP contribution is -2.33. The Morgan fingerprint density at radius 1 is 1.10 bits per heavy atom. The largest absolute Gasteiger partial charge is 0.490 e. The summed E-state index contributed by atoms with van der Waals surface area (Å²) in [7, 11) is 0. The lowest BCUT2D eigenvalue weighted by Gasteiger charge is -2.23. The fraction of sp³-hybridized carbons (Fsp3) is 0.375. The molecule has 0 aliphatic carbocycles. The molecule has 7 nitrogen and oxygen atoms in total. The van der Waals surface area contributed by atoms with E-state index in [-0.39, 0.29) is 17.9 Å². The van der Waals surface area contributed by atoms with Crippen LogP contribution in [0, 0.1) is 5.92 Å². The maximum Gasteiger partial charge on any atom is 0.240 e. The number of hydrazone groups is 1. The van der Waals surface area contributed by atoms with Crippen molar-refractivity contribution in [1.82, 2.24) is 10.4 Å². The van der Waals surface area contributed by atoms with Crippen molar-refractivity contribution in [3.05, 3.63) is 48.0 Å². The molecule has 2 aromatic carbocycles. The van der Waals surface area contributed by atoms with Crippen molar-refractivity contribution in [2.24, 2.45) is 11.0 Å². The average molecular weight is 419 g/mol. The van der Waals surface area contributed by atoms with Crippen LogP contribution in [0.3, 0.4) is 0 Å². The number of benzene rings is 2. The van der Waals surface area contributed by atoms with Crippen LogP contribution < -0.4 is 10.2 Å². The van der Waals surface area contributed by atoms with Crippen LogP contribution in [0.2, 0.25) is 0 Å². The van der Waals surface area contributed by atoms with Crippen LogP contribution in [-0.4, -0.2) is 35.9 Å². The number of fused-ring (bicyclic) bond motifs is 1. The molecule has 1 N–H and O–H groups in total. The molecule has 5 rings (SSSR count). The molecule has 2 aliphatic rings. The van der Waals surface area contributed by atoms with Gasteiger partial charge in [0.1, 0.15) is 17.4 Å². The van der Waals surface area contributed by atoms with Gasteiger partial charge >= 0.3 is 0 Å². The van der Waals surface area contributed by atoms with Crippen molar-refractivity contribution in [2.75, 3.05) is 13.2 Å². The first-order valence-electron chi connectivity index (χ1n) is 10.8. The molecule has 1 amide bonds. The fourth-order valence-electron chi connectivity index (χ4n) is 4.09. The van der Waals surface area contributed by atoms with Crippen molar-refractivity contribution in [1.29, 1.82) is 0 Å². The maximum atomic E-state index is 11.7. The SMILES string of the molecule is CC[C@H]1CC(=O)NN=C1c1ccc2nc(-c3ccc(OC4CCOCC4)cc3)oc2c1. The van der Waals surface area contributed by atoms with E-state index in [9.17, 15) is 4.79 Å². The number of rotatable bonds is 5. The molecule has 0 spiro atoms. The molecule has 7 heteroatoms. The van der Waals surface area contributed by atoms with E-state index >= 15 is 0 Å². The van der Waals surface area contributed by atoms with Gasteiger partial charge in [0.15, 0.2) is 5.58 Å². The molecule has 0 radical (unpaired) electrons. The standard InChI is InChI=1S/C24H25N3O4/c1-2-15-14-22(28)26-27-23(15)17-5-8-20-21(13-17)31-24(25-20)16-3-6-18(7-4-16)30-19-9-11-29-12-10-19/h3-8,13,15,19H,2,9-12,14H2,1H3,(H,26,28)/t15-/m0/s1. The number of hydrogen-bond donors (Lipinski definition) is 1. The Morgan fingerprint density at radius 2 is 1.87 bits per heavy atom. The summed E-state index contributed by atoms with van der Waals surface area (Å²) in [5, 5.41) is 4.30. The fourth-order valence-corrected chi connectivity index (χ4v) is 4.09. The third-order valence-corrected chi connectivity index (χ3v) is 5.87. The van der Waals surface area contributed by atoms with Gasteiger partial charge in [-0.05, 0) is 42.8 Å². The van der Waals surface area contributed by atoms with Gasteiger partial charge in [-0.15, -0.1) is 0 Å². The predicted molar refractivity (Wildman–Crippen MR) is 117 cm³/mol. The van der Waals surface area contributed by atoms with Gasteiger partial charge in [-0.25, -0.2) is 10.4 Å². The van der Waals surface area contributed by atoms with E-state index in [2.05, 4.69) is 22.4 Å². The van der Waals surface area contributed by atoms with Crippen LogP contribution in [0.25, 0.3) is 22.6 Å². The van der Waals surface area contributed by atoms with Crippen molar-refractivity contribution in [3.8, 4) is 17.2 Å². The van der Waals surface area contributed by atoms with Crippen molar-refractivity contribution in [3.63, 3.8) is 0 Å². The van der Waals surface area contributed by atoms with E-state index in [4.69, 9.17) is 13.9 Å². The monoisotopic (exact) mass is 419 g/mol. The van der Waals surface area contributed by atoms with Crippen LogP contribution in [0.15, 0.2) is 52.0 Å². The van der Waals surface area contributed by atoms with Crippen LogP contribution in [0.4, 0.5) is 0 Å². The highest BCUT2D eigenvalue weighted by atomic mass is 16.5. The zero-order valence-electron chi connectivity index (χ0n) is 17.5. The molecule has 31 heavy (non-hydrogen) atoms. The number of ether oxygens (including phenoxy) is 2. The van der Waals surface area contributed by atoms with E-state index in [1.54, 1.807) is 0 Å². The topological polar surface area (TPSA) is 86.0 Å². The van der Waals surface area contributed by atoms with Gasteiger partial charge in [-0.3, -0.25) is 4.79 Å². The molecule has 1 aromatic heterocycles. The molecule has 0 bridgehead atoms. The summed E-state index contributed by atoms with van der Waals surface area (Å²) in [6.07, 6.45) is 3.36. The van der Waals surface area contributed by atoms with Crippen LogP contribution in [0.1, 0.15) is 38.2 Å². The van der Waals surface area contributed by atoms with Crippen LogP contribution in [-0.2, 0) is 9.53 Å². The summed E-state index contributed by atoms with van der Waals surface area (Å²) < 4.78 is 17.5. The smallest absolute Gasteiger partial charge is 0.240 e. The average Bonchev–Trinajstić information content (AvgIpc) is 3.23. The van der Waals surface area contributed by atoms with E-state index in [0.29, 0.717) is 17.9 Å². The summed E-state index contributed by atoms with van der Waals surface area (Å²) in [4.78, 5) is 16.3. The zero-order chi connectivity index (χ0) is 21.2. The Hall–Kier alpha value is -3.19. The van der Waals surface area contributed by atoms with Gasteiger partial charge < -0.3 is 13.9 Å². The summed E-state index contributed by atoms with van der Waals surface area (Å²) in [6.45, 7) is 3.58. The summed E-state index contributed by atoms with van der Waals surface area (Å²) >= 11 is 0. The first kappa shape index (κ1) is 19.8. The van der Waals surface area contributed by atoms with Gasteiger partial charge in [0, 0.05) is 36.3 Å². The van der Waals surface area contributed by atoms with E-state index in [0.717, 1.165) is 60.6 Å². The predicted octanol–water partition coefficient (Wildman–Crippen LogP) is 4.30. The Balaban J connectivity index is 1.37. The molecule has 0 saturated carbocycles. The molecule has 3 aromatic rings. The molecule has 3 heterocycles. The minimum absolute atomic E-state index is 0.0390. The Bertz CT molecular complexity index is 1110. The summed E-state index contributed by atoms with van der Waals surface area (Å²) in [6, 6.07) is 13.7. The van der Waals surface area contributed by atoms with Gasteiger partial charge in [0.2, 0.25) is 11.8 Å². The zero-order valence-corrected chi connectivity index (χ0v) is 17.5. The summed E-state index contributed by atoms with van der Waals surface area (Å²) in [5.41, 5.74) is 6.80. The third kappa shape index (κ3) is 4.18. The minimum atomic E-state index is -0.0390. The number of carbonyl (C=O) groups excluding carboxylic acids is 1. The van der Waals surface area contributed by atoms with Gasteiger partial charge in [-0.2, -0.15) is 5.10 Å². The van der Waals surface area contributed by atoms with Gasteiger partial charge in [-0.1, -0.05) is 13.0 Å². The van der Waals surface area contributed by atoms with Crippen LogP contribution in [0.5, 0.6) is 5.75 Å². The lowest BCUT2D eigenvalue weighted by molar-refractivity contribution is -0.122. The van der Waals surface area contributed by atoms with Gasteiger partial charge in [0.05, 0.1) is 18.9 Å². The molecule has 0 unspecified atom stereocenters. The molecule has 160 valence electrons.